The molecule has 1 aliphatic rings. The molecule has 2 unspecified atom stereocenters. The van der Waals surface area contributed by atoms with Gasteiger partial charge in [-0.05, 0) is 17.9 Å². The zero-order valence-corrected chi connectivity index (χ0v) is 12.6. The predicted molar refractivity (Wildman–Crippen MR) is 82.8 cm³/mol. The molecular weight excluding hydrogens is 325 g/mol. The number of rotatable bonds is 3. The first kappa shape index (κ1) is 14.3. The highest BCUT2D eigenvalue weighted by molar-refractivity contribution is 14.0. The minimum Gasteiger partial charge on any atom is -0.353 e. The van der Waals surface area contributed by atoms with Crippen molar-refractivity contribution in [3.8, 4) is 0 Å². The van der Waals surface area contributed by atoms with E-state index < -0.39 is 0 Å². The van der Waals surface area contributed by atoms with Crippen LogP contribution >= 0.6 is 24.0 Å². The highest BCUT2D eigenvalue weighted by Gasteiger charge is 2.33. The number of nitrogens with one attached hydrogen (secondary N) is 2. The van der Waals surface area contributed by atoms with Gasteiger partial charge in [-0.15, -0.1) is 24.0 Å². The molecule has 1 aromatic rings. The Morgan fingerprint density at radius 1 is 1.35 bits per heavy atom. The molecule has 3 nitrogen and oxygen atoms in total. The normalized spacial score (nSPS) is 22.6. The van der Waals surface area contributed by atoms with Crippen molar-refractivity contribution >= 4 is 29.9 Å². The van der Waals surface area contributed by atoms with Gasteiger partial charge in [0, 0.05) is 19.6 Å². The number of guanidine groups is 1. The van der Waals surface area contributed by atoms with Gasteiger partial charge in [0.2, 0.25) is 0 Å². The first-order valence-corrected chi connectivity index (χ1v) is 5.80. The Balaban J connectivity index is 0.00000144. The molecule has 1 aliphatic carbocycles. The van der Waals surface area contributed by atoms with Gasteiger partial charge in [-0.1, -0.05) is 37.3 Å². The molecule has 0 saturated heterocycles. The second kappa shape index (κ2) is 6.83. The summed E-state index contributed by atoms with van der Waals surface area (Å²) < 4.78 is 0. The van der Waals surface area contributed by atoms with E-state index in [1.165, 1.54) is 12.0 Å². The standard InChI is InChI=1S/C13H19N3.HI/c1-10-8-12(10)16-13(14-2)15-9-11-6-4-3-5-7-11;/h3-7,10,12H,8-9H2,1-2H3,(H2,14,15,16);1H. The number of hydrogen-bond acceptors (Lipinski definition) is 1. The molecular formula is C13H20IN3. The lowest BCUT2D eigenvalue weighted by Gasteiger charge is -2.11. The topological polar surface area (TPSA) is 36.4 Å². The van der Waals surface area contributed by atoms with Crippen LogP contribution in [0.3, 0.4) is 0 Å². The van der Waals surface area contributed by atoms with Gasteiger partial charge in [-0.25, -0.2) is 0 Å². The van der Waals surface area contributed by atoms with E-state index in [9.17, 15) is 0 Å². The first-order valence-electron chi connectivity index (χ1n) is 5.80. The van der Waals surface area contributed by atoms with Crippen molar-refractivity contribution in [2.45, 2.75) is 25.9 Å². The molecule has 0 spiro atoms. The Morgan fingerprint density at radius 3 is 2.53 bits per heavy atom. The van der Waals surface area contributed by atoms with E-state index in [0.717, 1.165) is 18.4 Å². The summed E-state index contributed by atoms with van der Waals surface area (Å²) in [6.07, 6.45) is 1.26. The SMILES string of the molecule is CN=C(NCc1ccccc1)NC1CC1C.I. The van der Waals surface area contributed by atoms with E-state index in [1.807, 2.05) is 13.1 Å². The number of hydrogen-bond donors (Lipinski definition) is 2. The van der Waals surface area contributed by atoms with Crippen LogP contribution < -0.4 is 10.6 Å². The third-order valence-electron chi connectivity index (χ3n) is 2.96. The van der Waals surface area contributed by atoms with Gasteiger partial charge < -0.3 is 10.6 Å². The van der Waals surface area contributed by atoms with Gasteiger partial charge in [0.1, 0.15) is 0 Å². The summed E-state index contributed by atoms with van der Waals surface area (Å²) in [5.41, 5.74) is 1.27. The van der Waals surface area contributed by atoms with Crippen LogP contribution in [0.25, 0.3) is 0 Å². The van der Waals surface area contributed by atoms with Crippen LogP contribution in [0.2, 0.25) is 0 Å². The highest BCUT2D eigenvalue weighted by Crippen LogP contribution is 2.28. The number of aliphatic imine (C=N–C) groups is 1. The zero-order chi connectivity index (χ0) is 11.4. The van der Waals surface area contributed by atoms with Crippen LogP contribution in [0, 0.1) is 5.92 Å². The molecule has 2 N–H and O–H groups in total. The number of benzene rings is 1. The quantitative estimate of drug-likeness (QED) is 0.501. The lowest BCUT2D eigenvalue weighted by molar-refractivity contribution is 0.763. The van der Waals surface area contributed by atoms with E-state index >= 15 is 0 Å². The van der Waals surface area contributed by atoms with Crippen LogP contribution in [0.1, 0.15) is 18.9 Å². The molecule has 4 heteroatoms. The summed E-state index contributed by atoms with van der Waals surface area (Å²) in [4.78, 5) is 4.21. The number of halogens is 1. The van der Waals surface area contributed by atoms with E-state index in [-0.39, 0.29) is 24.0 Å². The Labute approximate surface area is 120 Å². The molecule has 17 heavy (non-hydrogen) atoms. The van der Waals surface area contributed by atoms with Crippen molar-refractivity contribution in [1.29, 1.82) is 0 Å². The fourth-order valence-corrected chi connectivity index (χ4v) is 1.68. The molecule has 0 aliphatic heterocycles. The second-order valence-electron chi connectivity index (χ2n) is 4.38. The fourth-order valence-electron chi connectivity index (χ4n) is 1.68. The maximum Gasteiger partial charge on any atom is 0.191 e. The third kappa shape index (κ3) is 4.53. The van der Waals surface area contributed by atoms with E-state index in [0.29, 0.717) is 6.04 Å². The van der Waals surface area contributed by atoms with E-state index in [1.54, 1.807) is 0 Å². The van der Waals surface area contributed by atoms with Crippen molar-refractivity contribution in [3.05, 3.63) is 35.9 Å². The number of nitrogens with zero attached hydrogens (tertiary/aromatic N) is 1. The third-order valence-corrected chi connectivity index (χ3v) is 2.96. The van der Waals surface area contributed by atoms with Gasteiger partial charge >= 0.3 is 0 Å². The lowest BCUT2D eigenvalue weighted by atomic mass is 10.2. The minimum atomic E-state index is 0. The maximum absolute atomic E-state index is 4.21. The molecule has 0 bridgehead atoms. The van der Waals surface area contributed by atoms with E-state index in [4.69, 9.17) is 0 Å². The summed E-state index contributed by atoms with van der Waals surface area (Å²) in [5.74, 6) is 1.69. The van der Waals surface area contributed by atoms with Gasteiger partial charge in [0.15, 0.2) is 5.96 Å². The van der Waals surface area contributed by atoms with Crippen LogP contribution in [-0.4, -0.2) is 19.0 Å². The highest BCUT2D eigenvalue weighted by atomic mass is 127. The van der Waals surface area contributed by atoms with E-state index in [2.05, 4.69) is 46.8 Å². The molecule has 0 amide bonds. The zero-order valence-electron chi connectivity index (χ0n) is 10.3. The average Bonchev–Trinajstić information content (AvgIpc) is 3.01. The smallest absolute Gasteiger partial charge is 0.191 e. The second-order valence-corrected chi connectivity index (χ2v) is 4.38. The summed E-state index contributed by atoms with van der Waals surface area (Å²) in [5, 5.41) is 6.72. The molecule has 0 aromatic heterocycles. The molecule has 1 saturated carbocycles. The molecule has 94 valence electrons. The Kier molecular flexibility index (Phi) is 5.74. The van der Waals surface area contributed by atoms with Crippen molar-refractivity contribution in [1.82, 2.24) is 10.6 Å². The van der Waals surface area contributed by atoms with Gasteiger partial charge in [-0.3, -0.25) is 4.99 Å². The molecule has 1 aromatic carbocycles. The summed E-state index contributed by atoms with van der Waals surface area (Å²) in [6.45, 7) is 3.07. The van der Waals surface area contributed by atoms with Crippen LogP contribution in [0.5, 0.6) is 0 Å². The molecule has 1 fully saturated rings. The largest absolute Gasteiger partial charge is 0.353 e. The summed E-state index contributed by atoms with van der Waals surface area (Å²) in [7, 11) is 1.81. The van der Waals surface area contributed by atoms with Gasteiger partial charge in [-0.2, -0.15) is 0 Å². The molecule has 0 radical (unpaired) electrons. The molecule has 2 atom stereocenters. The first-order chi connectivity index (χ1) is 7.79. The Morgan fingerprint density at radius 2 is 2.00 bits per heavy atom. The van der Waals surface area contributed by atoms with Crippen molar-refractivity contribution in [3.63, 3.8) is 0 Å². The summed E-state index contributed by atoms with van der Waals surface area (Å²) in [6, 6.07) is 11.0. The molecule has 0 heterocycles. The fraction of sp³-hybridized carbons (Fsp3) is 0.462. The van der Waals surface area contributed by atoms with Gasteiger partial charge in [0.25, 0.3) is 0 Å². The minimum absolute atomic E-state index is 0. The monoisotopic (exact) mass is 345 g/mol. The molecule has 2 rings (SSSR count). The Hall–Kier alpha value is -0.780. The summed E-state index contributed by atoms with van der Waals surface area (Å²) >= 11 is 0. The van der Waals surface area contributed by atoms with Crippen LogP contribution in [-0.2, 0) is 6.54 Å². The lowest BCUT2D eigenvalue weighted by Crippen LogP contribution is -2.38. The van der Waals surface area contributed by atoms with Crippen LogP contribution in [0.15, 0.2) is 35.3 Å². The van der Waals surface area contributed by atoms with Crippen molar-refractivity contribution in [2.75, 3.05) is 7.05 Å². The van der Waals surface area contributed by atoms with Crippen LogP contribution in [0.4, 0.5) is 0 Å². The predicted octanol–water partition coefficient (Wildman–Crippen LogP) is 2.38. The average molecular weight is 345 g/mol. The van der Waals surface area contributed by atoms with Crippen molar-refractivity contribution in [2.24, 2.45) is 10.9 Å². The van der Waals surface area contributed by atoms with Crippen molar-refractivity contribution < 1.29 is 0 Å². The Bertz CT molecular complexity index is 364. The van der Waals surface area contributed by atoms with Gasteiger partial charge in [0.05, 0.1) is 0 Å². The maximum atomic E-state index is 4.21.